The van der Waals surface area contributed by atoms with E-state index in [0.29, 0.717) is 33.1 Å². The van der Waals surface area contributed by atoms with Gasteiger partial charge in [0.25, 0.3) is 0 Å². The molecule has 0 radical (unpaired) electrons. The van der Waals surface area contributed by atoms with Crippen molar-refractivity contribution in [3.63, 3.8) is 0 Å². The summed E-state index contributed by atoms with van der Waals surface area (Å²) in [7, 11) is 1.71. The van der Waals surface area contributed by atoms with E-state index in [9.17, 15) is 22.0 Å². The fourth-order valence-corrected chi connectivity index (χ4v) is 5.59. The van der Waals surface area contributed by atoms with Gasteiger partial charge in [-0.25, -0.2) is 23.7 Å². The molecule has 0 saturated heterocycles. The van der Waals surface area contributed by atoms with Crippen LogP contribution in [-0.4, -0.2) is 30.8 Å². The lowest BCUT2D eigenvalue weighted by Gasteiger charge is -2.04. The minimum absolute atomic E-state index is 0.206. The third-order valence-corrected chi connectivity index (χ3v) is 7.07. The highest BCUT2D eigenvalue weighted by molar-refractivity contribution is 8.01. The number of thioether (sulfide) groups is 2. The monoisotopic (exact) mass is 488 g/mol. The van der Waals surface area contributed by atoms with E-state index < -0.39 is 17.1 Å². The molecule has 3 heterocycles. The number of rotatable bonds is 5. The lowest BCUT2D eigenvalue weighted by molar-refractivity contribution is -0.0329. The lowest BCUT2D eigenvalue weighted by Crippen LogP contribution is -2.00. The Morgan fingerprint density at radius 3 is 2.42 bits per heavy atom. The molecular weight excluding hydrogens is 475 g/mol. The number of hydrogen-bond acceptors (Lipinski definition) is 6. The second kappa shape index (κ2) is 8.40. The topological polar surface area (TPSA) is 43.6 Å². The number of hydrogen-bond donors (Lipinski definition) is 0. The highest BCUT2D eigenvalue weighted by atomic mass is 32.2. The first kappa shape index (κ1) is 22.0. The van der Waals surface area contributed by atoms with Crippen LogP contribution in [0.25, 0.3) is 33.1 Å². The van der Waals surface area contributed by atoms with E-state index in [0.717, 1.165) is 16.0 Å². The Morgan fingerprint density at radius 1 is 1.06 bits per heavy atom. The third kappa shape index (κ3) is 4.70. The molecule has 0 amide bonds. The quantitative estimate of drug-likeness (QED) is 0.229. The molecular formula is C19H13F5N4S3. The van der Waals surface area contributed by atoms with Crippen molar-refractivity contribution in [2.75, 3.05) is 5.75 Å². The van der Waals surface area contributed by atoms with Crippen LogP contribution in [0.15, 0.2) is 39.7 Å². The van der Waals surface area contributed by atoms with Crippen LogP contribution in [0.2, 0.25) is 0 Å². The molecule has 0 N–H and O–H groups in total. The minimum Gasteiger partial charge on any atom is -0.324 e. The molecule has 0 aliphatic rings. The summed E-state index contributed by atoms with van der Waals surface area (Å²) in [6.45, 7) is 1.95. The molecule has 3 aromatic heterocycles. The molecule has 4 nitrogen and oxygen atoms in total. The summed E-state index contributed by atoms with van der Waals surface area (Å²) >= 11 is 2.47. The van der Waals surface area contributed by atoms with E-state index in [1.807, 2.05) is 6.92 Å². The van der Waals surface area contributed by atoms with Crippen molar-refractivity contribution in [1.29, 1.82) is 0 Å². The maximum absolute atomic E-state index is 13.7. The van der Waals surface area contributed by atoms with Crippen LogP contribution in [0.1, 0.15) is 6.92 Å². The summed E-state index contributed by atoms with van der Waals surface area (Å²) in [4.78, 5) is 12.9. The second-order valence-corrected chi connectivity index (χ2v) is 9.92. The largest absolute Gasteiger partial charge is 0.447 e. The zero-order valence-electron chi connectivity index (χ0n) is 16.0. The molecule has 162 valence electrons. The normalized spacial score (nSPS) is 12.1. The number of imidazole rings is 1. The van der Waals surface area contributed by atoms with Crippen molar-refractivity contribution in [3.8, 4) is 22.1 Å². The van der Waals surface area contributed by atoms with Crippen molar-refractivity contribution < 1.29 is 22.0 Å². The Hall–Kier alpha value is -2.18. The van der Waals surface area contributed by atoms with Gasteiger partial charge in [-0.3, -0.25) is 0 Å². The number of fused-ring (bicyclic) bond motifs is 1. The Morgan fingerprint density at radius 2 is 1.77 bits per heavy atom. The number of nitrogens with zero attached hydrogens (tertiary/aromatic N) is 4. The van der Waals surface area contributed by atoms with E-state index in [2.05, 4.69) is 15.0 Å². The first-order chi connectivity index (χ1) is 14.6. The number of thiazole rings is 1. The molecule has 0 aliphatic heterocycles. The van der Waals surface area contributed by atoms with Gasteiger partial charge in [0.1, 0.15) is 27.4 Å². The van der Waals surface area contributed by atoms with Crippen LogP contribution < -0.4 is 0 Å². The van der Waals surface area contributed by atoms with Crippen LogP contribution in [-0.2, 0) is 7.05 Å². The molecule has 0 atom stereocenters. The summed E-state index contributed by atoms with van der Waals surface area (Å²) in [6.07, 6.45) is 1.34. The van der Waals surface area contributed by atoms with Crippen LogP contribution in [0.5, 0.6) is 0 Å². The molecule has 0 fully saturated rings. The molecule has 4 rings (SSSR count). The van der Waals surface area contributed by atoms with Gasteiger partial charge in [-0.1, -0.05) is 6.92 Å². The standard InChI is InChI=1S/C19H13F5N4S3/c1-3-29-18-15(27-17(30-18)9-4-10(20)6-11(21)5-9)16-26-12-7-14(31-19(22,23)24)25-8-13(12)28(16)2/h4-8H,3H2,1-2H3. The van der Waals surface area contributed by atoms with E-state index in [-0.39, 0.29) is 16.8 Å². The number of benzene rings is 1. The van der Waals surface area contributed by atoms with E-state index in [4.69, 9.17) is 0 Å². The summed E-state index contributed by atoms with van der Waals surface area (Å²) in [5.41, 5.74) is -2.76. The SMILES string of the molecule is CCSc1sc(-c2cc(F)cc(F)c2)nc1-c1nc2cc(SC(F)(F)F)ncc2n1C. The zero-order chi connectivity index (χ0) is 22.3. The van der Waals surface area contributed by atoms with Gasteiger partial charge in [0, 0.05) is 30.4 Å². The highest BCUT2D eigenvalue weighted by Crippen LogP contribution is 2.41. The summed E-state index contributed by atoms with van der Waals surface area (Å²) in [5, 5.41) is 0.213. The maximum Gasteiger partial charge on any atom is 0.447 e. The molecule has 1 aromatic carbocycles. The average Bonchev–Trinajstić information content (AvgIpc) is 3.21. The van der Waals surface area contributed by atoms with Crippen molar-refractivity contribution >= 4 is 45.9 Å². The number of pyridine rings is 1. The summed E-state index contributed by atoms with van der Waals surface area (Å²) in [6, 6.07) is 4.46. The van der Waals surface area contributed by atoms with Crippen LogP contribution in [0.3, 0.4) is 0 Å². The molecule has 31 heavy (non-hydrogen) atoms. The molecule has 0 unspecified atom stereocenters. The summed E-state index contributed by atoms with van der Waals surface area (Å²) < 4.78 is 67.9. The van der Waals surface area contributed by atoms with Gasteiger partial charge in [-0.15, -0.1) is 23.1 Å². The Kier molecular flexibility index (Phi) is 5.97. The van der Waals surface area contributed by atoms with Crippen molar-refractivity contribution in [2.45, 2.75) is 21.7 Å². The number of aryl methyl sites for hydroxylation is 1. The smallest absolute Gasteiger partial charge is 0.324 e. The lowest BCUT2D eigenvalue weighted by atomic mass is 10.2. The Bertz CT molecular complexity index is 1250. The van der Waals surface area contributed by atoms with Crippen molar-refractivity contribution in [3.05, 3.63) is 42.1 Å². The van der Waals surface area contributed by atoms with Crippen LogP contribution in [0, 0.1) is 11.6 Å². The maximum atomic E-state index is 13.7. The van der Waals surface area contributed by atoms with Gasteiger partial charge in [-0.05, 0) is 24.0 Å². The fraction of sp³-hybridized carbons (Fsp3) is 0.211. The zero-order valence-corrected chi connectivity index (χ0v) is 18.4. The fourth-order valence-electron chi connectivity index (χ4n) is 2.93. The molecule has 0 saturated carbocycles. The molecule has 0 spiro atoms. The van der Waals surface area contributed by atoms with Gasteiger partial charge < -0.3 is 4.57 Å². The van der Waals surface area contributed by atoms with Crippen LogP contribution >= 0.6 is 34.9 Å². The molecule has 4 aromatic rings. The Labute approximate surface area is 185 Å². The van der Waals surface area contributed by atoms with Crippen LogP contribution in [0.4, 0.5) is 22.0 Å². The van der Waals surface area contributed by atoms with Gasteiger partial charge >= 0.3 is 5.51 Å². The average molecular weight is 489 g/mol. The van der Waals surface area contributed by atoms with E-state index in [1.165, 1.54) is 47.5 Å². The molecule has 12 heteroatoms. The number of alkyl halides is 3. The van der Waals surface area contributed by atoms with Gasteiger partial charge in [0.2, 0.25) is 0 Å². The molecule has 0 aliphatic carbocycles. The van der Waals surface area contributed by atoms with E-state index in [1.54, 1.807) is 11.6 Å². The Balaban J connectivity index is 1.82. The van der Waals surface area contributed by atoms with Crippen molar-refractivity contribution in [1.82, 2.24) is 19.5 Å². The van der Waals surface area contributed by atoms with Gasteiger partial charge in [0.05, 0.1) is 21.4 Å². The van der Waals surface area contributed by atoms with Gasteiger partial charge in [0.15, 0.2) is 5.82 Å². The van der Waals surface area contributed by atoms with Gasteiger partial charge in [-0.2, -0.15) is 13.2 Å². The predicted molar refractivity (Wildman–Crippen MR) is 113 cm³/mol. The van der Waals surface area contributed by atoms with E-state index >= 15 is 0 Å². The predicted octanol–water partition coefficient (Wildman–Crippen LogP) is 6.76. The molecule has 0 bridgehead atoms. The first-order valence-corrected chi connectivity index (χ1v) is 11.4. The number of halogens is 5. The highest BCUT2D eigenvalue weighted by Gasteiger charge is 2.30. The van der Waals surface area contributed by atoms with Crippen molar-refractivity contribution in [2.24, 2.45) is 7.05 Å². The minimum atomic E-state index is -4.45. The third-order valence-electron chi connectivity index (χ3n) is 4.16. The first-order valence-electron chi connectivity index (χ1n) is 8.83. The summed E-state index contributed by atoms with van der Waals surface area (Å²) in [5.74, 6) is -0.259. The number of aromatic nitrogens is 4. The second-order valence-electron chi connectivity index (χ2n) is 6.30.